The second-order valence-electron chi connectivity index (χ2n) is 4.75. The molecule has 8 heteroatoms. The minimum atomic E-state index is -0.936. The van der Waals surface area contributed by atoms with Crippen molar-refractivity contribution < 1.29 is 18.9 Å². The number of aliphatic carboxylic acids is 1. The van der Waals surface area contributed by atoms with Crippen LogP contribution in [0.2, 0.25) is 0 Å². The van der Waals surface area contributed by atoms with Crippen LogP contribution in [0.15, 0.2) is 0 Å². The summed E-state index contributed by atoms with van der Waals surface area (Å²) in [6.45, 7) is 3.99. The summed E-state index contributed by atoms with van der Waals surface area (Å²) in [6, 6.07) is -0.302. The molecule has 7 nitrogen and oxygen atoms in total. The summed E-state index contributed by atoms with van der Waals surface area (Å²) < 4.78 is 11.0. The summed E-state index contributed by atoms with van der Waals surface area (Å²) in [6.07, 6.45) is 1.60. The molecule has 1 aliphatic heterocycles. The Hall–Kier alpha value is -1.15. The lowest BCUT2D eigenvalue weighted by atomic mass is 10.3. The Morgan fingerprint density at radius 3 is 2.37 bits per heavy atom. The lowest BCUT2D eigenvalue weighted by Crippen LogP contribution is -2.54. The molecule has 2 atom stereocenters. The Morgan fingerprint density at radius 1 is 1.32 bits per heavy atom. The minimum Gasteiger partial charge on any atom is -0.480 e. The van der Waals surface area contributed by atoms with Crippen LogP contribution in [0.5, 0.6) is 0 Å². The number of amides is 2. The van der Waals surface area contributed by atoms with Crippen molar-refractivity contribution in [2.45, 2.75) is 13.0 Å². The number of carbonyl (C=O) groups excluding carboxylic acids is 1. The van der Waals surface area contributed by atoms with Crippen molar-refractivity contribution in [1.82, 2.24) is 15.1 Å². The van der Waals surface area contributed by atoms with Crippen LogP contribution < -0.4 is 5.32 Å². The summed E-state index contributed by atoms with van der Waals surface area (Å²) in [5.41, 5.74) is 0. The lowest BCUT2D eigenvalue weighted by Gasteiger charge is -2.34. The number of piperazine rings is 1. The molecule has 0 aromatic rings. The van der Waals surface area contributed by atoms with Gasteiger partial charge in [-0.3, -0.25) is 13.9 Å². The van der Waals surface area contributed by atoms with Crippen LogP contribution >= 0.6 is 0 Å². The molecule has 0 spiro atoms. The maximum absolute atomic E-state index is 11.9. The van der Waals surface area contributed by atoms with E-state index in [2.05, 4.69) is 5.32 Å². The van der Waals surface area contributed by atoms with Crippen molar-refractivity contribution in [3.63, 3.8) is 0 Å². The smallest absolute Gasteiger partial charge is 0.317 e. The average molecular weight is 291 g/mol. The van der Waals surface area contributed by atoms with Gasteiger partial charge in [0, 0.05) is 55.0 Å². The summed E-state index contributed by atoms with van der Waals surface area (Å²) >= 11 is 0. The van der Waals surface area contributed by atoms with Crippen LogP contribution in [0.25, 0.3) is 0 Å². The zero-order valence-electron chi connectivity index (χ0n) is 11.3. The molecular formula is C11H21N3O4S. The molecule has 1 aliphatic rings. The topological polar surface area (TPSA) is 90.0 Å². The first kappa shape index (κ1) is 15.9. The number of urea groups is 1. The van der Waals surface area contributed by atoms with E-state index in [9.17, 15) is 13.8 Å². The van der Waals surface area contributed by atoms with Crippen molar-refractivity contribution in [2.75, 3.05) is 44.7 Å². The van der Waals surface area contributed by atoms with Gasteiger partial charge in [-0.05, 0) is 6.92 Å². The van der Waals surface area contributed by atoms with E-state index in [4.69, 9.17) is 5.11 Å². The predicted octanol–water partition coefficient (Wildman–Crippen LogP) is -0.835. The van der Waals surface area contributed by atoms with Gasteiger partial charge >= 0.3 is 12.0 Å². The van der Waals surface area contributed by atoms with Crippen LogP contribution in [0.4, 0.5) is 4.79 Å². The molecule has 0 aromatic carbocycles. The van der Waals surface area contributed by atoms with E-state index in [1.165, 1.54) is 0 Å². The van der Waals surface area contributed by atoms with Gasteiger partial charge < -0.3 is 15.3 Å². The van der Waals surface area contributed by atoms with Crippen LogP contribution in [-0.2, 0) is 15.6 Å². The van der Waals surface area contributed by atoms with Gasteiger partial charge in [0.15, 0.2) is 0 Å². The summed E-state index contributed by atoms with van der Waals surface area (Å²) in [5.74, 6) is -0.415. The first-order valence-corrected chi connectivity index (χ1v) is 7.91. The van der Waals surface area contributed by atoms with Crippen molar-refractivity contribution >= 4 is 22.8 Å². The van der Waals surface area contributed by atoms with Gasteiger partial charge in [-0.1, -0.05) is 0 Å². The molecule has 2 N–H and O–H groups in total. The van der Waals surface area contributed by atoms with E-state index >= 15 is 0 Å². The molecule has 1 saturated heterocycles. The van der Waals surface area contributed by atoms with Gasteiger partial charge in [-0.25, -0.2) is 4.79 Å². The standard InChI is InChI=1S/C11H21N3O4S/c1-9(8-19(2)18)12-11(17)14-5-3-13(4-6-14)7-10(15)16/h9H,3-8H2,1-2H3,(H,12,17)(H,15,16). The molecule has 110 valence electrons. The zero-order valence-corrected chi connectivity index (χ0v) is 12.1. The van der Waals surface area contributed by atoms with E-state index in [1.54, 1.807) is 16.1 Å². The van der Waals surface area contributed by atoms with Crippen LogP contribution in [-0.4, -0.2) is 81.9 Å². The molecule has 0 aromatic heterocycles. The number of rotatable bonds is 5. The van der Waals surface area contributed by atoms with Crippen molar-refractivity contribution in [1.29, 1.82) is 0 Å². The van der Waals surface area contributed by atoms with Gasteiger partial charge in [-0.15, -0.1) is 0 Å². The SMILES string of the molecule is CC(CS(C)=O)NC(=O)N1CCN(CC(=O)O)CC1. The molecule has 1 rings (SSSR count). The van der Waals surface area contributed by atoms with Crippen molar-refractivity contribution in [3.8, 4) is 0 Å². The fraction of sp³-hybridized carbons (Fsp3) is 0.818. The second-order valence-corrected chi connectivity index (χ2v) is 6.23. The normalized spacial score (nSPS) is 19.8. The Labute approximate surface area is 115 Å². The number of carbonyl (C=O) groups is 2. The number of hydrogen-bond acceptors (Lipinski definition) is 4. The van der Waals surface area contributed by atoms with Gasteiger partial charge in [0.1, 0.15) is 0 Å². The van der Waals surface area contributed by atoms with E-state index in [0.717, 1.165) is 0 Å². The van der Waals surface area contributed by atoms with Crippen molar-refractivity contribution in [2.24, 2.45) is 0 Å². The molecular weight excluding hydrogens is 270 g/mol. The second kappa shape index (κ2) is 7.44. The quantitative estimate of drug-likeness (QED) is 0.690. The molecule has 1 fully saturated rings. The maximum Gasteiger partial charge on any atom is 0.317 e. The molecule has 0 radical (unpaired) electrons. The molecule has 1 heterocycles. The average Bonchev–Trinajstić information content (AvgIpc) is 2.27. The Kier molecular flexibility index (Phi) is 6.23. The highest BCUT2D eigenvalue weighted by molar-refractivity contribution is 7.84. The van der Waals surface area contributed by atoms with Gasteiger partial charge in [0.05, 0.1) is 6.54 Å². The number of carboxylic acid groups (broad SMARTS) is 1. The first-order chi connectivity index (χ1) is 8.88. The first-order valence-electron chi connectivity index (χ1n) is 6.18. The molecule has 19 heavy (non-hydrogen) atoms. The molecule has 0 aliphatic carbocycles. The van der Waals surface area contributed by atoms with E-state index < -0.39 is 16.8 Å². The maximum atomic E-state index is 11.9. The third kappa shape index (κ3) is 6.02. The Balaban J connectivity index is 2.32. The fourth-order valence-electron chi connectivity index (χ4n) is 2.00. The van der Waals surface area contributed by atoms with E-state index in [-0.39, 0.29) is 18.6 Å². The highest BCUT2D eigenvalue weighted by atomic mass is 32.2. The highest BCUT2D eigenvalue weighted by Crippen LogP contribution is 2.02. The highest BCUT2D eigenvalue weighted by Gasteiger charge is 2.23. The predicted molar refractivity (Wildman–Crippen MR) is 72.6 cm³/mol. The van der Waals surface area contributed by atoms with Gasteiger partial charge in [0.2, 0.25) is 0 Å². The molecule has 0 saturated carbocycles. The minimum absolute atomic E-state index is 0.0146. The van der Waals surface area contributed by atoms with E-state index in [1.807, 2.05) is 6.92 Å². The van der Waals surface area contributed by atoms with Gasteiger partial charge in [0.25, 0.3) is 0 Å². The third-order valence-electron chi connectivity index (χ3n) is 2.87. The fourth-order valence-corrected chi connectivity index (χ4v) is 2.78. The number of nitrogens with one attached hydrogen (secondary N) is 1. The van der Waals surface area contributed by atoms with E-state index in [0.29, 0.717) is 31.9 Å². The van der Waals surface area contributed by atoms with Crippen LogP contribution in [0.1, 0.15) is 6.92 Å². The monoisotopic (exact) mass is 291 g/mol. The molecule has 2 amide bonds. The third-order valence-corrected chi connectivity index (χ3v) is 3.84. The number of nitrogens with zero attached hydrogens (tertiary/aromatic N) is 2. The molecule has 2 unspecified atom stereocenters. The number of hydrogen-bond donors (Lipinski definition) is 2. The summed E-state index contributed by atoms with van der Waals surface area (Å²) in [4.78, 5) is 25.9. The van der Waals surface area contributed by atoms with Gasteiger partial charge in [-0.2, -0.15) is 0 Å². The number of carboxylic acids is 1. The zero-order chi connectivity index (χ0) is 14.4. The summed E-state index contributed by atoms with van der Waals surface area (Å²) in [5, 5.41) is 11.5. The largest absolute Gasteiger partial charge is 0.480 e. The van der Waals surface area contributed by atoms with Crippen LogP contribution in [0, 0.1) is 0 Å². The van der Waals surface area contributed by atoms with Crippen molar-refractivity contribution in [3.05, 3.63) is 0 Å². The molecule has 0 bridgehead atoms. The Morgan fingerprint density at radius 2 is 1.89 bits per heavy atom. The lowest BCUT2D eigenvalue weighted by molar-refractivity contribution is -0.138. The summed E-state index contributed by atoms with van der Waals surface area (Å²) in [7, 11) is -0.936. The van der Waals surface area contributed by atoms with Crippen LogP contribution in [0.3, 0.4) is 0 Å². The Bertz CT molecular complexity index is 356.